The molecule has 21 heavy (non-hydrogen) atoms. The summed E-state index contributed by atoms with van der Waals surface area (Å²) < 4.78 is 0. The smallest absolute Gasteiger partial charge is 0.317 e. The number of carbonyl (C=O) groups is 2. The van der Waals surface area contributed by atoms with Gasteiger partial charge in [0.25, 0.3) is 0 Å². The molecule has 1 aliphatic heterocycles. The van der Waals surface area contributed by atoms with Crippen LogP contribution < -0.4 is 10.6 Å². The van der Waals surface area contributed by atoms with Crippen LogP contribution in [0.1, 0.15) is 32.4 Å². The maximum Gasteiger partial charge on any atom is 0.317 e. The normalized spacial score (nSPS) is 16.1. The topological polar surface area (TPSA) is 74.3 Å². The predicted octanol–water partition coefficient (Wildman–Crippen LogP) is 2.22. The number of aromatic nitrogens is 1. The van der Waals surface area contributed by atoms with Gasteiger partial charge < -0.3 is 15.5 Å². The van der Waals surface area contributed by atoms with Crippen LogP contribution in [0.25, 0.3) is 0 Å². The van der Waals surface area contributed by atoms with Crippen LogP contribution in [0.2, 0.25) is 0 Å². The molecule has 1 aliphatic rings. The molecule has 2 heterocycles. The summed E-state index contributed by atoms with van der Waals surface area (Å²) in [4.78, 5) is 30.1. The summed E-state index contributed by atoms with van der Waals surface area (Å²) in [5, 5.41) is 8.30. The average molecular weight is 310 g/mol. The van der Waals surface area contributed by atoms with E-state index in [1.807, 2.05) is 26.2 Å². The van der Waals surface area contributed by atoms with Gasteiger partial charge in [-0.2, -0.15) is 0 Å². The Morgan fingerprint density at radius 2 is 2.05 bits per heavy atom. The molecule has 2 rings (SSSR count). The van der Waals surface area contributed by atoms with Gasteiger partial charge in [0.2, 0.25) is 5.91 Å². The summed E-state index contributed by atoms with van der Waals surface area (Å²) in [6.45, 7) is 7.02. The van der Waals surface area contributed by atoms with Crippen molar-refractivity contribution in [3.8, 4) is 0 Å². The molecule has 7 heteroatoms. The van der Waals surface area contributed by atoms with E-state index in [2.05, 4.69) is 15.6 Å². The second kappa shape index (κ2) is 6.89. The Balaban J connectivity index is 1.80. The third-order valence-electron chi connectivity index (χ3n) is 3.41. The number of anilines is 1. The summed E-state index contributed by atoms with van der Waals surface area (Å²) in [7, 11) is 0. The number of likely N-dealkylation sites (tertiary alicyclic amines) is 1. The second-order valence-corrected chi connectivity index (χ2v) is 6.51. The van der Waals surface area contributed by atoms with E-state index in [1.54, 1.807) is 4.90 Å². The maximum atomic E-state index is 12.2. The van der Waals surface area contributed by atoms with Crippen molar-refractivity contribution < 1.29 is 9.59 Å². The number of hydrogen-bond donors (Lipinski definition) is 2. The van der Waals surface area contributed by atoms with Crippen molar-refractivity contribution in [3.63, 3.8) is 0 Å². The summed E-state index contributed by atoms with van der Waals surface area (Å²) in [5.41, 5.74) is 0.912. The van der Waals surface area contributed by atoms with E-state index in [4.69, 9.17) is 0 Å². The number of piperidine rings is 1. The zero-order valence-corrected chi connectivity index (χ0v) is 13.5. The SMILES string of the molecule is Cc1csc(NC(=O)C2CCN(C(=O)NC(C)C)CC2)n1. The van der Waals surface area contributed by atoms with Crippen LogP contribution in [0.5, 0.6) is 0 Å². The first-order valence-electron chi connectivity index (χ1n) is 7.24. The second-order valence-electron chi connectivity index (χ2n) is 5.65. The third kappa shape index (κ3) is 4.42. The molecule has 1 saturated heterocycles. The van der Waals surface area contributed by atoms with Crippen molar-refractivity contribution in [2.45, 2.75) is 39.7 Å². The van der Waals surface area contributed by atoms with E-state index in [9.17, 15) is 9.59 Å². The molecule has 1 aromatic rings. The van der Waals surface area contributed by atoms with E-state index in [0.717, 1.165) is 5.69 Å². The van der Waals surface area contributed by atoms with Gasteiger partial charge in [-0.25, -0.2) is 9.78 Å². The van der Waals surface area contributed by atoms with Crippen LogP contribution >= 0.6 is 11.3 Å². The summed E-state index contributed by atoms with van der Waals surface area (Å²) in [6, 6.07) is 0.0890. The van der Waals surface area contributed by atoms with Crippen LogP contribution in [0, 0.1) is 12.8 Å². The summed E-state index contributed by atoms with van der Waals surface area (Å²) in [6.07, 6.45) is 1.39. The number of carbonyl (C=O) groups excluding carboxylic acids is 2. The lowest BCUT2D eigenvalue weighted by Crippen LogP contribution is -2.47. The predicted molar refractivity (Wildman–Crippen MR) is 83.4 cm³/mol. The number of rotatable bonds is 3. The van der Waals surface area contributed by atoms with E-state index < -0.39 is 0 Å². The first-order valence-corrected chi connectivity index (χ1v) is 8.12. The Bertz CT molecular complexity index is 507. The Kier molecular flexibility index (Phi) is 5.17. The van der Waals surface area contributed by atoms with Crippen LogP contribution in [0.3, 0.4) is 0 Å². The number of thiazole rings is 1. The van der Waals surface area contributed by atoms with Crippen molar-refractivity contribution in [2.24, 2.45) is 5.92 Å². The highest BCUT2D eigenvalue weighted by molar-refractivity contribution is 7.13. The molecule has 6 nitrogen and oxygen atoms in total. The number of amides is 3. The Hall–Kier alpha value is -1.63. The lowest BCUT2D eigenvalue weighted by molar-refractivity contribution is -0.121. The monoisotopic (exact) mass is 310 g/mol. The lowest BCUT2D eigenvalue weighted by atomic mass is 9.96. The minimum Gasteiger partial charge on any atom is -0.336 e. The van der Waals surface area contributed by atoms with Crippen molar-refractivity contribution in [3.05, 3.63) is 11.1 Å². The Morgan fingerprint density at radius 3 is 2.57 bits per heavy atom. The highest BCUT2D eigenvalue weighted by atomic mass is 32.1. The minimum atomic E-state index is -0.0442. The number of aryl methyl sites for hydroxylation is 1. The standard InChI is InChI=1S/C14H22N4O2S/c1-9(2)15-14(20)18-6-4-11(5-7-18)12(19)17-13-16-10(3)8-21-13/h8-9,11H,4-7H2,1-3H3,(H,15,20)(H,16,17,19). The largest absolute Gasteiger partial charge is 0.336 e. The summed E-state index contributed by atoms with van der Waals surface area (Å²) in [5.74, 6) is -0.0365. The van der Waals surface area contributed by atoms with Crippen LogP contribution in [0.4, 0.5) is 9.93 Å². The molecule has 0 atom stereocenters. The van der Waals surface area contributed by atoms with E-state index in [1.165, 1.54) is 11.3 Å². The molecule has 0 saturated carbocycles. The Morgan fingerprint density at radius 1 is 1.38 bits per heavy atom. The summed E-state index contributed by atoms with van der Waals surface area (Å²) >= 11 is 1.44. The first-order chi connectivity index (χ1) is 9.95. The highest BCUT2D eigenvalue weighted by Crippen LogP contribution is 2.21. The highest BCUT2D eigenvalue weighted by Gasteiger charge is 2.27. The number of nitrogens with one attached hydrogen (secondary N) is 2. The third-order valence-corrected chi connectivity index (χ3v) is 4.29. The van der Waals surface area contributed by atoms with E-state index >= 15 is 0 Å². The molecule has 116 valence electrons. The first kappa shape index (κ1) is 15.8. The number of urea groups is 1. The van der Waals surface area contributed by atoms with Gasteiger partial charge in [0, 0.05) is 30.4 Å². The van der Waals surface area contributed by atoms with Crippen LogP contribution in [-0.4, -0.2) is 41.0 Å². The lowest BCUT2D eigenvalue weighted by Gasteiger charge is -2.31. The zero-order chi connectivity index (χ0) is 15.4. The average Bonchev–Trinajstić information content (AvgIpc) is 2.83. The van der Waals surface area contributed by atoms with Gasteiger partial charge >= 0.3 is 6.03 Å². The van der Waals surface area contributed by atoms with Gasteiger partial charge in [-0.1, -0.05) is 0 Å². The molecule has 1 fully saturated rings. The number of nitrogens with zero attached hydrogens (tertiary/aromatic N) is 2. The Labute approximate surface area is 128 Å². The van der Waals surface area contributed by atoms with Gasteiger partial charge in [-0.3, -0.25) is 4.79 Å². The molecule has 0 unspecified atom stereocenters. The maximum absolute atomic E-state index is 12.2. The number of hydrogen-bond acceptors (Lipinski definition) is 4. The molecule has 0 bridgehead atoms. The fraction of sp³-hybridized carbons (Fsp3) is 0.643. The fourth-order valence-corrected chi connectivity index (χ4v) is 2.99. The van der Waals surface area contributed by atoms with Gasteiger partial charge in [-0.15, -0.1) is 11.3 Å². The van der Waals surface area contributed by atoms with E-state index in [0.29, 0.717) is 31.1 Å². The van der Waals surface area contributed by atoms with Gasteiger partial charge in [-0.05, 0) is 33.6 Å². The molecule has 0 spiro atoms. The van der Waals surface area contributed by atoms with Gasteiger partial charge in [0.15, 0.2) is 5.13 Å². The molecule has 2 N–H and O–H groups in total. The molecule has 0 aliphatic carbocycles. The quantitative estimate of drug-likeness (QED) is 0.899. The van der Waals surface area contributed by atoms with Crippen molar-refractivity contribution in [2.75, 3.05) is 18.4 Å². The molecule has 0 radical (unpaired) electrons. The van der Waals surface area contributed by atoms with Crippen LogP contribution in [0.15, 0.2) is 5.38 Å². The van der Waals surface area contributed by atoms with Crippen LogP contribution in [-0.2, 0) is 4.79 Å². The molecular formula is C14H22N4O2S. The van der Waals surface area contributed by atoms with Gasteiger partial charge in [0.1, 0.15) is 0 Å². The van der Waals surface area contributed by atoms with E-state index in [-0.39, 0.29) is 23.9 Å². The van der Waals surface area contributed by atoms with Gasteiger partial charge in [0.05, 0.1) is 5.69 Å². The molecule has 1 aromatic heterocycles. The fourth-order valence-electron chi connectivity index (χ4n) is 2.30. The molecule has 0 aromatic carbocycles. The van der Waals surface area contributed by atoms with Crippen molar-refractivity contribution in [1.82, 2.24) is 15.2 Å². The zero-order valence-electron chi connectivity index (χ0n) is 12.7. The molecule has 3 amide bonds. The van der Waals surface area contributed by atoms with Crippen molar-refractivity contribution >= 4 is 28.4 Å². The van der Waals surface area contributed by atoms with Crippen molar-refractivity contribution in [1.29, 1.82) is 0 Å². The minimum absolute atomic E-state index is 0.00766. The molecular weight excluding hydrogens is 288 g/mol.